The first-order chi connectivity index (χ1) is 15.7. The van der Waals surface area contributed by atoms with E-state index in [2.05, 4.69) is 60.7 Å². The number of hydrogen-bond acceptors (Lipinski definition) is 5. The van der Waals surface area contributed by atoms with Crippen molar-refractivity contribution in [1.29, 1.82) is 10.5 Å². The molecule has 0 aliphatic heterocycles. The monoisotopic (exact) mass is 443 g/mol. The van der Waals surface area contributed by atoms with Crippen molar-refractivity contribution in [3.63, 3.8) is 0 Å². The summed E-state index contributed by atoms with van der Waals surface area (Å²) in [6, 6.07) is 30.8. The molecule has 3 nitrogen and oxygen atoms in total. The Morgan fingerprint density at radius 2 is 1.47 bits per heavy atom. The minimum atomic E-state index is 0.604. The maximum atomic E-state index is 9.72. The molecular weight excluding hydrogens is 430 g/mol. The first-order valence-electron chi connectivity index (χ1n) is 10.0. The number of fused-ring (bicyclic) bond motifs is 4. The summed E-state index contributed by atoms with van der Waals surface area (Å²) in [7, 11) is 0. The topological polar surface area (TPSA) is 60.5 Å². The first kappa shape index (κ1) is 18.7. The highest BCUT2D eigenvalue weighted by molar-refractivity contribution is 7.26. The maximum absolute atomic E-state index is 9.72. The van der Waals surface area contributed by atoms with Gasteiger partial charge in [-0.2, -0.15) is 10.5 Å². The number of nitrogens with zero attached hydrogens (tertiary/aromatic N) is 3. The molecule has 0 spiro atoms. The van der Waals surface area contributed by atoms with Crippen molar-refractivity contribution < 1.29 is 0 Å². The minimum absolute atomic E-state index is 0.604. The number of thiazole rings is 1. The van der Waals surface area contributed by atoms with Crippen molar-refractivity contribution >= 4 is 53.1 Å². The molecule has 0 radical (unpaired) electrons. The first-order valence-corrected chi connectivity index (χ1v) is 11.6. The Kier molecular flexibility index (Phi) is 4.26. The van der Waals surface area contributed by atoms with E-state index in [9.17, 15) is 10.5 Å². The number of aromatic nitrogens is 1. The molecule has 0 saturated carbocycles. The van der Waals surface area contributed by atoms with Gasteiger partial charge >= 0.3 is 0 Å². The number of thiophene rings is 1. The predicted molar refractivity (Wildman–Crippen MR) is 133 cm³/mol. The van der Waals surface area contributed by atoms with E-state index < -0.39 is 0 Å². The Bertz CT molecular complexity index is 1760. The molecule has 148 valence electrons. The second kappa shape index (κ2) is 7.28. The normalized spacial score (nSPS) is 11.1. The zero-order valence-electron chi connectivity index (χ0n) is 16.7. The van der Waals surface area contributed by atoms with Crippen LogP contribution in [-0.2, 0) is 0 Å². The lowest BCUT2D eigenvalue weighted by Gasteiger charge is -2.07. The summed E-state index contributed by atoms with van der Waals surface area (Å²) in [6.45, 7) is 0. The fourth-order valence-corrected chi connectivity index (χ4v) is 6.29. The molecule has 0 bridgehead atoms. The SMILES string of the molecule is N#Cc1cc(-c2nc3ccc(C#N)cc3s2)cc(-c2cccc3c2sc2ccccc23)c1. The Morgan fingerprint density at radius 1 is 0.656 bits per heavy atom. The van der Waals surface area contributed by atoms with Crippen LogP contribution >= 0.6 is 22.7 Å². The highest BCUT2D eigenvalue weighted by atomic mass is 32.1. The third-order valence-electron chi connectivity index (χ3n) is 5.54. The Balaban J connectivity index is 1.57. The van der Waals surface area contributed by atoms with Gasteiger partial charge in [0, 0.05) is 25.7 Å². The summed E-state index contributed by atoms with van der Waals surface area (Å²) in [5.74, 6) is 0. The summed E-state index contributed by atoms with van der Waals surface area (Å²) in [6.07, 6.45) is 0. The molecule has 6 aromatic rings. The minimum Gasteiger partial charge on any atom is -0.236 e. The zero-order chi connectivity index (χ0) is 21.7. The van der Waals surface area contributed by atoms with Crippen LogP contribution in [-0.4, -0.2) is 4.98 Å². The van der Waals surface area contributed by atoms with Crippen molar-refractivity contribution in [3.8, 4) is 33.8 Å². The molecule has 0 fully saturated rings. The van der Waals surface area contributed by atoms with E-state index in [1.807, 2.05) is 24.3 Å². The van der Waals surface area contributed by atoms with Crippen LogP contribution in [0.1, 0.15) is 11.1 Å². The van der Waals surface area contributed by atoms with Gasteiger partial charge in [0.1, 0.15) is 5.01 Å². The van der Waals surface area contributed by atoms with Gasteiger partial charge < -0.3 is 0 Å². The molecule has 0 unspecified atom stereocenters. The summed E-state index contributed by atoms with van der Waals surface area (Å²) in [4.78, 5) is 4.77. The molecule has 4 aromatic carbocycles. The lowest BCUT2D eigenvalue weighted by Crippen LogP contribution is -1.85. The lowest BCUT2D eigenvalue weighted by molar-refractivity contribution is 1.45. The quantitative estimate of drug-likeness (QED) is 0.275. The Labute approximate surface area is 192 Å². The van der Waals surface area contributed by atoms with Gasteiger partial charge in [0.15, 0.2) is 0 Å². The number of nitriles is 2. The fraction of sp³-hybridized carbons (Fsp3) is 0. The van der Waals surface area contributed by atoms with Gasteiger partial charge in [0.05, 0.1) is 33.5 Å². The summed E-state index contributed by atoms with van der Waals surface area (Å²) in [5.41, 5.74) is 5.13. The van der Waals surface area contributed by atoms with Crippen LogP contribution in [0.5, 0.6) is 0 Å². The molecule has 2 heterocycles. The van der Waals surface area contributed by atoms with Crippen molar-refractivity contribution in [3.05, 3.63) is 90.0 Å². The molecule has 0 amide bonds. The van der Waals surface area contributed by atoms with E-state index in [1.165, 1.54) is 20.2 Å². The predicted octanol–water partition coefficient (Wildman–Crippen LogP) is 7.74. The van der Waals surface area contributed by atoms with E-state index in [4.69, 9.17) is 4.98 Å². The van der Waals surface area contributed by atoms with Crippen LogP contribution in [0.25, 0.3) is 52.1 Å². The molecule has 0 saturated heterocycles. The average molecular weight is 444 g/mol. The van der Waals surface area contributed by atoms with E-state index in [1.54, 1.807) is 28.7 Å². The van der Waals surface area contributed by atoms with Crippen LogP contribution < -0.4 is 0 Å². The highest BCUT2D eigenvalue weighted by Gasteiger charge is 2.14. The number of rotatable bonds is 2. The fourth-order valence-electron chi connectivity index (χ4n) is 4.06. The van der Waals surface area contributed by atoms with Crippen molar-refractivity contribution in [2.24, 2.45) is 0 Å². The Hall–Kier alpha value is -4.03. The molecule has 0 aliphatic rings. The standard InChI is InChI=1S/C27H13N3S2/c28-14-16-8-9-23-25(12-16)32-27(30-23)19-11-17(15-29)10-18(13-19)20-5-3-6-22-21-4-1-2-7-24(21)31-26(20)22/h1-13H. The highest BCUT2D eigenvalue weighted by Crippen LogP contribution is 2.41. The zero-order valence-corrected chi connectivity index (χ0v) is 18.3. The summed E-state index contributed by atoms with van der Waals surface area (Å²) in [5, 5.41) is 22.2. The van der Waals surface area contributed by atoms with Crippen LogP contribution in [0.4, 0.5) is 0 Å². The second-order valence-electron chi connectivity index (χ2n) is 7.50. The van der Waals surface area contributed by atoms with E-state index in [0.29, 0.717) is 11.1 Å². The van der Waals surface area contributed by atoms with Gasteiger partial charge in [-0.15, -0.1) is 22.7 Å². The van der Waals surface area contributed by atoms with Gasteiger partial charge in [-0.05, 0) is 53.6 Å². The van der Waals surface area contributed by atoms with E-state index in [0.717, 1.165) is 31.9 Å². The molecule has 6 rings (SSSR count). The third-order valence-corrected chi connectivity index (χ3v) is 7.83. The maximum Gasteiger partial charge on any atom is 0.124 e. The van der Waals surface area contributed by atoms with Gasteiger partial charge in [-0.3, -0.25) is 0 Å². The average Bonchev–Trinajstić information content (AvgIpc) is 3.44. The largest absolute Gasteiger partial charge is 0.236 e. The third kappa shape index (κ3) is 2.96. The van der Waals surface area contributed by atoms with Crippen LogP contribution in [0, 0.1) is 22.7 Å². The van der Waals surface area contributed by atoms with Gasteiger partial charge in [0.25, 0.3) is 0 Å². The van der Waals surface area contributed by atoms with Crippen LogP contribution in [0.15, 0.2) is 78.9 Å². The van der Waals surface area contributed by atoms with E-state index >= 15 is 0 Å². The molecule has 0 atom stereocenters. The number of hydrogen-bond donors (Lipinski definition) is 0. The second-order valence-corrected chi connectivity index (χ2v) is 9.59. The molecular formula is C27H13N3S2. The van der Waals surface area contributed by atoms with Gasteiger partial charge in [-0.25, -0.2) is 4.98 Å². The van der Waals surface area contributed by atoms with Crippen molar-refractivity contribution in [1.82, 2.24) is 4.98 Å². The Morgan fingerprint density at radius 3 is 2.34 bits per heavy atom. The van der Waals surface area contributed by atoms with E-state index in [-0.39, 0.29) is 0 Å². The van der Waals surface area contributed by atoms with Crippen LogP contribution in [0.2, 0.25) is 0 Å². The molecule has 32 heavy (non-hydrogen) atoms. The van der Waals surface area contributed by atoms with Gasteiger partial charge in [0.2, 0.25) is 0 Å². The summed E-state index contributed by atoms with van der Waals surface area (Å²) >= 11 is 3.32. The van der Waals surface area contributed by atoms with Gasteiger partial charge in [-0.1, -0.05) is 36.4 Å². The molecule has 2 aromatic heterocycles. The molecule has 5 heteroatoms. The summed E-state index contributed by atoms with van der Waals surface area (Å²) < 4.78 is 3.44. The van der Waals surface area contributed by atoms with Crippen molar-refractivity contribution in [2.75, 3.05) is 0 Å². The smallest absolute Gasteiger partial charge is 0.124 e. The van der Waals surface area contributed by atoms with Crippen LogP contribution in [0.3, 0.4) is 0 Å². The lowest BCUT2D eigenvalue weighted by atomic mass is 9.98. The number of benzene rings is 4. The van der Waals surface area contributed by atoms with Crippen molar-refractivity contribution in [2.45, 2.75) is 0 Å². The molecule has 0 aliphatic carbocycles. The molecule has 0 N–H and O–H groups in total.